The highest BCUT2D eigenvalue weighted by molar-refractivity contribution is 8.13. The molecule has 0 saturated carbocycles. The zero-order valence-electron chi connectivity index (χ0n) is 12.2. The average molecular weight is 346 g/mol. The summed E-state index contributed by atoms with van der Waals surface area (Å²) in [5.41, 5.74) is 1.74. The van der Waals surface area contributed by atoms with Gasteiger partial charge in [0.15, 0.2) is 0 Å². The maximum Gasteiger partial charge on any atom is 0.337 e. The molecule has 0 aliphatic carbocycles. The van der Waals surface area contributed by atoms with Gasteiger partial charge in [-0.25, -0.2) is 13.2 Å². The van der Waals surface area contributed by atoms with Gasteiger partial charge in [0.25, 0.3) is 0 Å². The molecule has 0 N–H and O–H groups in total. The summed E-state index contributed by atoms with van der Waals surface area (Å²) < 4.78 is 27.0. The lowest BCUT2D eigenvalue weighted by Crippen LogP contribution is -2.26. The van der Waals surface area contributed by atoms with Gasteiger partial charge in [-0.15, -0.1) is 0 Å². The third kappa shape index (κ3) is 3.78. The molecular formula is C14H16ClNO5S. The maximum atomic E-state index is 12.1. The highest BCUT2D eigenvalue weighted by Gasteiger charge is 2.34. The molecule has 22 heavy (non-hydrogen) atoms. The normalized spacial score (nSPS) is 18.6. The molecule has 6 nitrogen and oxygen atoms in total. The van der Waals surface area contributed by atoms with Crippen molar-refractivity contribution < 1.29 is 22.7 Å². The topological polar surface area (TPSA) is 80.8 Å². The van der Waals surface area contributed by atoms with E-state index in [0.29, 0.717) is 11.3 Å². The van der Waals surface area contributed by atoms with Crippen LogP contribution in [-0.2, 0) is 18.6 Å². The van der Waals surface area contributed by atoms with E-state index in [1.165, 1.54) is 12.0 Å². The van der Waals surface area contributed by atoms with Crippen LogP contribution < -0.4 is 4.90 Å². The molecule has 1 aromatic rings. The third-order valence-corrected chi connectivity index (χ3v) is 4.81. The number of hydrogen-bond acceptors (Lipinski definition) is 5. The Labute approximate surface area is 133 Å². The first-order chi connectivity index (χ1) is 10.2. The summed E-state index contributed by atoms with van der Waals surface area (Å²) in [6.45, 7) is 2.07. The Balaban J connectivity index is 2.28. The number of ether oxygens (including phenoxy) is 1. The Bertz CT molecular complexity index is 716. The number of nitrogens with zero attached hydrogens (tertiary/aromatic N) is 1. The van der Waals surface area contributed by atoms with Crippen LogP contribution >= 0.6 is 10.7 Å². The van der Waals surface area contributed by atoms with Crippen LogP contribution in [0.2, 0.25) is 0 Å². The highest BCUT2D eigenvalue weighted by Crippen LogP contribution is 2.30. The number of carbonyl (C=O) groups excluding carboxylic acids is 2. The monoisotopic (exact) mass is 345 g/mol. The molecule has 0 radical (unpaired) electrons. The van der Waals surface area contributed by atoms with Crippen LogP contribution in [0.3, 0.4) is 0 Å². The van der Waals surface area contributed by atoms with Gasteiger partial charge in [0.1, 0.15) is 0 Å². The minimum Gasteiger partial charge on any atom is -0.465 e. The van der Waals surface area contributed by atoms with E-state index in [9.17, 15) is 18.0 Å². The lowest BCUT2D eigenvalue weighted by atomic mass is 10.1. The van der Waals surface area contributed by atoms with Crippen molar-refractivity contribution in [3.8, 4) is 0 Å². The second kappa shape index (κ2) is 6.26. The van der Waals surface area contributed by atoms with Crippen molar-refractivity contribution in [3.63, 3.8) is 0 Å². The van der Waals surface area contributed by atoms with Gasteiger partial charge in [-0.05, 0) is 24.6 Å². The van der Waals surface area contributed by atoms with E-state index < -0.39 is 15.0 Å². The van der Waals surface area contributed by atoms with Crippen LogP contribution in [0.4, 0.5) is 5.69 Å². The zero-order chi connectivity index (χ0) is 16.5. The summed E-state index contributed by atoms with van der Waals surface area (Å²) in [4.78, 5) is 25.2. The molecule has 1 amide bonds. The molecule has 1 aliphatic heterocycles. The number of methoxy groups -OCH3 is 1. The van der Waals surface area contributed by atoms with Crippen LogP contribution in [0.15, 0.2) is 18.2 Å². The predicted molar refractivity (Wildman–Crippen MR) is 82.6 cm³/mol. The number of carbonyl (C=O) groups is 2. The van der Waals surface area contributed by atoms with Crippen LogP contribution in [0.5, 0.6) is 0 Å². The van der Waals surface area contributed by atoms with Gasteiger partial charge in [0.05, 0.1) is 18.4 Å². The maximum absolute atomic E-state index is 12.1. The molecule has 1 unspecified atom stereocenters. The van der Waals surface area contributed by atoms with E-state index in [0.717, 1.165) is 5.56 Å². The Kier molecular flexibility index (Phi) is 4.77. The quantitative estimate of drug-likeness (QED) is 0.613. The number of halogens is 1. The second-order valence-corrected chi connectivity index (χ2v) is 8.09. The van der Waals surface area contributed by atoms with Crippen LogP contribution in [-0.4, -0.2) is 39.7 Å². The van der Waals surface area contributed by atoms with E-state index >= 15 is 0 Å². The first kappa shape index (κ1) is 16.8. The van der Waals surface area contributed by atoms with Crippen molar-refractivity contribution in [3.05, 3.63) is 29.3 Å². The van der Waals surface area contributed by atoms with Crippen molar-refractivity contribution in [1.29, 1.82) is 0 Å². The average Bonchev–Trinajstić information content (AvgIpc) is 2.76. The fraction of sp³-hybridized carbons (Fsp3) is 0.429. The van der Waals surface area contributed by atoms with Crippen LogP contribution in [0, 0.1) is 12.8 Å². The molecule has 0 aromatic heterocycles. The Morgan fingerprint density at radius 3 is 2.73 bits per heavy atom. The number of hydrogen-bond donors (Lipinski definition) is 0. The molecule has 1 aromatic carbocycles. The van der Waals surface area contributed by atoms with Crippen molar-refractivity contribution >= 4 is 37.3 Å². The number of benzene rings is 1. The molecule has 1 saturated heterocycles. The molecular weight excluding hydrogens is 330 g/mol. The zero-order valence-corrected chi connectivity index (χ0v) is 13.8. The summed E-state index contributed by atoms with van der Waals surface area (Å²) in [5, 5.41) is 0. The van der Waals surface area contributed by atoms with Gasteiger partial charge in [-0.3, -0.25) is 4.79 Å². The van der Waals surface area contributed by atoms with Gasteiger partial charge in [-0.2, -0.15) is 0 Å². The minimum atomic E-state index is -3.65. The third-order valence-electron chi connectivity index (χ3n) is 3.56. The number of aryl methyl sites for hydroxylation is 1. The number of anilines is 1. The lowest BCUT2D eigenvalue weighted by Gasteiger charge is -2.19. The van der Waals surface area contributed by atoms with Crippen molar-refractivity contribution in [2.45, 2.75) is 13.3 Å². The molecule has 0 bridgehead atoms. The van der Waals surface area contributed by atoms with Crippen LogP contribution in [0.25, 0.3) is 0 Å². The van der Waals surface area contributed by atoms with E-state index in [1.54, 1.807) is 18.2 Å². The Morgan fingerprint density at radius 2 is 2.14 bits per heavy atom. The first-order valence-corrected chi connectivity index (χ1v) is 9.11. The van der Waals surface area contributed by atoms with Gasteiger partial charge < -0.3 is 9.64 Å². The van der Waals surface area contributed by atoms with Gasteiger partial charge in [-0.1, -0.05) is 6.07 Å². The fourth-order valence-electron chi connectivity index (χ4n) is 2.55. The van der Waals surface area contributed by atoms with E-state index in [-0.39, 0.29) is 30.5 Å². The largest absolute Gasteiger partial charge is 0.465 e. The molecule has 1 aliphatic rings. The fourth-order valence-corrected chi connectivity index (χ4v) is 3.87. The number of esters is 1. The summed E-state index contributed by atoms with van der Waals surface area (Å²) in [6.07, 6.45) is 0.119. The van der Waals surface area contributed by atoms with Crippen molar-refractivity contribution in [2.24, 2.45) is 5.92 Å². The van der Waals surface area contributed by atoms with Crippen molar-refractivity contribution in [2.75, 3.05) is 24.3 Å². The first-order valence-electron chi connectivity index (χ1n) is 6.63. The van der Waals surface area contributed by atoms with E-state index in [1.807, 2.05) is 6.92 Å². The smallest absolute Gasteiger partial charge is 0.337 e. The molecule has 0 spiro atoms. The number of rotatable bonds is 4. The highest BCUT2D eigenvalue weighted by atomic mass is 35.7. The SMILES string of the molecule is COC(=O)c1ccc(C)c(N2CC(CS(=O)(=O)Cl)CC2=O)c1. The minimum absolute atomic E-state index is 0.119. The van der Waals surface area contributed by atoms with Gasteiger partial charge >= 0.3 is 5.97 Å². The summed E-state index contributed by atoms with van der Waals surface area (Å²) in [7, 11) is 2.88. The van der Waals surface area contributed by atoms with E-state index in [4.69, 9.17) is 10.7 Å². The number of amides is 1. The molecule has 8 heteroatoms. The van der Waals surface area contributed by atoms with Gasteiger partial charge in [0, 0.05) is 35.3 Å². The van der Waals surface area contributed by atoms with Gasteiger partial charge in [0.2, 0.25) is 15.0 Å². The Morgan fingerprint density at radius 1 is 1.45 bits per heavy atom. The lowest BCUT2D eigenvalue weighted by molar-refractivity contribution is -0.117. The summed E-state index contributed by atoms with van der Waals surface area (Å²) >= 11 is 0. The molecule has 120 valence electrons. The molecule has 1 heterocycles. The summed E-state index contributed by atoms with van der Waals surface area (Å²) in [5.74, 6) is -1.27. The van der Waals surface area contributed by atoms with Crippen molar-refractivity contribution in [1.82, 2.24) is 0 Å². The molecule has 2 rings (SSSR count). The molecule has 1 atom stereocenters. The van der Waals surface area contributed by atoms with Crippen LogP contribution in [0.1, 0.15) is 22.3 Å². The summed E-state index contributed by atoms with van der Waals surface area (Å²) in [6, 6.07) is 4.92. The molecule has 1 fully saturated rings. The second-order valence-electron chi connectivity index (χ2n) is 5.27. The Hall–Kier alpha value is -1.60. The standard InChI is InChI=1S/C14H16ClNO5S/c1-9-3-4-11(14(18)21-2)6-12(9)16-7-10(5-13(16)17)8-22(15,19)20/h3-4,6,10H,5,7-8H2,1-2H3. The van der Waals surface area contributed by atoms with E-state index in [2.05, 4.69) is 4.74 Å². The predicted octanol–water partition coefficient (Wildman–Crippen LogP) is 1.70.